The largest absolute Gasteiger partial charge is 0.288 e. The van der Waals surface area contributed by atoms with E-state index in [1.165, 1.54) is 24.3 Å². The average molecular weight is 303 g/mol. The fraction of sp³-hybridized carbons (Fsp3) is 0. The van der Waals surface area contributed by atoms with Crippen molar-refractivity contribution in [2.75, 3.05) is 0 Å². The normalized spacial score (nSPS) is 10.9. The van der Waals surface area contributed by atoms with Gasteiger partial charge < -0.3 is 0 Å². The van der Waals surface area contributed by atoms with Crippen LogP contribution in [0.2, 0.25) is 10.0 Å². The van der Waals surface area contributed by atoms with Crippen LogP contribution in [0.1, 0.15) is 15.9 Å². The molecule has 0 aliphatic heterocycles. The highest BCUT2D eigenvalue weighted by Gasteiger charge is 2.13. The van der Waals surface area contributed by atoms with Crippen LogP contribution in [0.25, 0.3) is 6.08 Å². The van der Waals surface area contributed by atoms with Gasteiger partial charge in [0.2, 0.25) is 5.78 Å². The van der Waals surface area contributed by atoms with E-state index in [0.717, 1.165) is 0 Å². The molecule has 0 radical (unpaired) electrons. The van der Waals surface area contributed by atoms with Crippen molar-refractivity contribution in [2.24, 2.45) is 0 Å². The first-order chi connectivity index (χ1) is 9.60. The van der Waals surface area contributed by atoms with E-state index in [4.69, 9.17) is 28.5 Å². The number of benzene rings is 1. The second-order valence-electron chi connectivity index (χ2n) is 3.94. The molecular formula is C15H8Cl2N2O. The highest BCUT2D eigenvalue weighted by Crippen LogP contribution is 2.21. The Kier molecular flexibility index (Phi) is 4.52. The van der Waals surface area contributed by atoms with Crippen molar-refractivity contribution in [2.45, 2.75) is 0 Å². The first-order valence-electron chi connectivity index (χ1n) is 5.63. The molecule has 1 heterocycles. The van der Waals surface area contributed by atoms with Gasteiger partial charge in [0.05, 0.1) is 0 Å². The van der Waals surface area contributed by atoms with Gasteiger partial charge in [0.1, 0.15) is 11.6 Å². The Morgan fingerprint density at radius 2 is 1.95 bits per heavy atom. The third kappa shape index (κ3) is 3.45. The van der Waals surface area contributed by atoms with Crippen LogP contribution in [0.15, 0.2) is 48.3 Å². The number of pyridine rings is 1. The number of hydrogen-bond donors (Lipinski definition) is 0. The molecule has 0 unspecified atom stereocenters. The molecule has 0 N–H and O–H groups in total. The molecule has 5 heteroatoms. The Morgan fingerprint density at radius 1 is 1.25 bits per heavy atom. The molecule has 2 aromatic rings. The summed E-state index contributed by atoms with van der Waals surface area (Å²) in [6.45, 7) is 0. The summed E-state index contributed by atoms with van der Waals surface area (Å²) >= 11 is 11.7. The molecule has 0 aliphatic rings. The number of nitrogens with zero attached hydrogens (tertiary/aromatic N) is 2. The third-order valence-electron chi connectivity index (χ3n) is 2.49. The van der Waals surface area contributed by atoms with Gasteiger partial charge in [-0.05, 0) is 35.9 Å². The Morgan fingerprint density at radius 3 is 2.50 bits per heavy atom. The number of carbonyl (C=O) groups is 1. The van der Waals surface area contributed by atoms with E-state index in [0.29, 0.717) is 15.6 Å². The minimum atomic E-state index is -0.430. The van der Waals surface area contributed by atoms with Gasteiger partial charge in [0, 0.05) is 28.0 Å². The molecule has 0 fully saturated rings. The minimum absolute atomic E-state index is 0.00340. The van der Waals surface area contributed by atoms with E-state index in [1.54, 1.807) is 24.5 Å². The molecule has 1 aromatic carbocycles. The minimum Gasteiger partial charge on any atom is -0.288 e. The van der Waals surface area contributed by atoms with Gasteiger partial charge in [-0.1, -0.05) is 29.3 Å². The van der Waals surface area contributed by atoms with Gasteiger partial charge in [-0.15, -0.1) is 0 Å². The van der Waals surface area contributed by atoms with E-state index in [2.05, 4.69) is 4.98 Å². The summed E-state index contributed by atoms with van der Waals surface area (Å²) in [7, 11) is 0. The maximum atomic E-state index is 12.3. The Labute approximate surface area is 126 Å². The topological polar surface area (TPSA) is 53.8 Å². The van der Waals surface area contributed by atoms with Gasteiger partial charge >= 0.3 is 0 Å². The van der Waals surface area contributed by atoms with Crippen molar-refractivity contribution in [1.29, 1.82) is 5.26 Å². The first-order valence-corrected chi connectivity index (χ1v) is 6.38. The van der Waals surface area contributed by atoms with Crippen molar-refractivity contribution in [1.82, 2.24) is 4.98 Å². The van der Waals surface area contributed by atoms with Gasteiger partial charge in [0.25, 0.3) is 0 Å². The van der Waals surface area contributed by atoms with Crippen LogP contribution in [-0.2, 0) is 0 Å². The molecule has 0 atom stereocenters. The van der Waals surface area contributed by atoms with Crippen LogP contribution in [-0.4, -0.2) is 10.8 Å². The Hall–Kier alpha value is -2.15. The second-order valence-corrected chi connectivity index (χ2v) is 4.82. The summed E-state index contributed by atoms with van der Waals surface area (Å²) in [6, 6.07) is 9.84. The number of hydrogen-bond acceptors (Lipinski definition) is 3. The highest BCUT2D eigenvalue weighted by atomic mass is 35.5. The molecule has 0 saturated heterocycles. The summed E-state index contributed by atoms with van der Waals surface area (Å²) in [5, 5.41) is 9.83. The quantitative estimate of drug-likeness (QED) is 0.485. The molecule has 0 saturated carbocycles. The summed E-state index contributed by atoms with van der Waals surface area (Å²) in [4.78, 5) is 16.2. The molecule has 98 valence electrons. The molecular weight excluding hydrogens is 295 g/mol. The van der Waals surface area contributed by atoms with Crippen molar-refractivity contribution in [3.8, 4) is 6.07 Å². The predicted molar refractivity (Wildman–Crippen MR) is 78.6 cm³/mol. The third-order valence-corrected chi connectivity index (χ3v) is 2.92. The summed E-state index contributed by atoms with van der Waals surface area (Å²) in [5.41, 5.74) is 0.945. The smallest absolute Gasteiger partial charge is 0.203 e. The van der Waals surface area contributed by atoms with E-state index in [-0.39, 0.29) is 11.1 Å². The zero-order chi connectivity index (χ0) is 14.5. The Balaban J connectivity index is 2.40. The lowest BCUT2D eigenvalue weighted by Gasteiger charge is -2.02. The van der Waals surface area contributed by atoms with E-state index in [1.807, 2.05) is 6.07 Å². The second kappa shape index (κ2) is 6.33. The van der Waals surface area contributed by atoms with Crippen LogP contribution in [0.3, 0.4) is 0 Å². The number of halogens is 2. The van der Waals surface area contributed by atoms with Crippen LogP contribution in [0.5, 0.6) is 0 Å². The van der Waals surface area contributed by atoms with Crippen molar-refractivity contribution in [3.05, 3.63) is 69.5 Å². The van der Waals surface area contributed by atoms with Crippen molar-refractivity contribution >= 4 is 35.1 Å². The number of Topliss-reactive ketones (excluding diaryl/α,β-unsaturated/α-hetero) is 1. The molecule has 1 aromatic heterocycles. The number of nitriles is 1. The van der Waals surface area contributed by atoms with Gasteiger partial charge in [-0.3, -0.25) is 9.78 Å². The van der Waals surface area contributed by atoms with Gasteiger partial charge in [-0.2, -0.15) is 5.26 Å². The first kappa shape index (κ1) is 14.3. The standard InChI is InChI=1S/C15H8Cl2N2O/c16-13-5-11(6-14(17)7-13)15(20)12(8-18)4-10-2-1-3-19-9-10/h1-7,9H/b12-4+. The summed E-state index contributed by atoms with van der Waals surface area (Å²) in [6.07, 6.45) is 4.65. The lowest BCUT2D eigenvalue weighted by molar-refractivity contribution is 0.104. The highest BCUT2D eigenvalue weighted by molar-refractivity contribution is 6.35. The number of aromatic nitrogens is 1. The molecule has 2 rings (SSSR count). The van der Waals surface area contributed by atoms with Crippen molar-refractivity contribution < 1.29 is 4.79 Å². The lowest BCUT2D eigenvalue weighted by Crippen LogP contribution is -2.02. The van der Waals surface area contributed by atoms with Crippen LogP contribution < -0.4 is 0 Å². The average Bonchev–Trinajstić information content (AvgIpc) is 2.44. The van der Waals surface area contributed by atoms with E-state index < -0.39 is 5.78 Å². The lowest BCUT2D eigenvalue weighted by atomic mass is 10.0. The summed E-state index contributed by atoms with van der Waals surface area (Å²) in [5.74, 6) is -0.430. The van der Waals surface area contributed by atoms with Crippen LogP contribution in [0, 0.1) is 11.3 Å². The number of rotatable bonds is 3. The number of allylic oxidation sites excluding steroid dienone is 1. The van der Waals surface area contributed by atoms with E-state index in [9.17, 15) is 4.79 Å². The fourth-order valence-corrected chi connectivity index (χ4v) is 2.14. The molecule has 3 nitrogen and oxygen atoms in total. The molecule has 20 heavy (non-hydrogen) atoms. The Bertz CT molecular complexity index is 698. The van der Waals surface area contributed by atoms with Crippen molar-refractivity contribution in [3.63, 3.8) is 0 Å². The maximum Gasteiger partial charge on any atom is 0.203 e. The molecule has 0 spiro atoms. The SMILES string of the molecule is N#C/C(=C\c1cccnc1)C(=O)c1cc(Cl)cc(Cl)c1. The van der Waals surface area contributed by atoms with Crippen LogP contribution >= 0.6 is 23.2 Å². The molecule has 0 bridgehead atoms. The van der Waals surface area contributed by atoms with E-state index >= 15 is 0 Å². The zero-order valence-corrected chi connectivity index (χ0v) is 11.7. The number of carbonyl (C=O) groups excluding carboxylic acids is 1. The van der Waals surface area contributed by atoms with Crippen LogP contribution in [0.4, 0.5) is 0 Å². The molecule has 0 aliphatic carbocycles. The maximum absolute atomic E-state index is 12.3. The summed E-state index contributed by atoms with van der Waals surface area (Å²) < 4.78 is 0. The van der Waals surface area contributed by atoms with Gasteiger partial charge in [0.15, 0.2) is 0 Å². The zero-order valence-electron chi connectivity index (χ0n) is 10.2. The monoisotopic (exact) mass is 302 g/mol. The molecule has 0 amide bonds. The number of ketones is 1. The predicted octanol–water partition coefficient (Wildman–Crippen LogP) is 4.18. The van der Waals surface area contributed by atoms with Gasteiger partial charge in [-0.25, -0.2) is 0 Å². The fourth-order valence-electron chi connectivity index (χ4n) is 1.62.